The number of rotatable bonds is 2. The van der Waals surface area contributed by atoms with Gasteiger partial charge in [0.25, 0.3) is 0 Å². The number of amides is 2. The number of Topliss-reactive ketones (excluding diaryl/α,β-unsaturated/α-hetero) is 1. The molecule has 22 heavy (non-hydrogen) atoms. The van der Waals surface area contributed by atoms with Crippen LogP contribution >= 0.6 is 0 Å². The molecule has 1 aromatic rings. The maximum absolute atomic E-state index is 12.8. The molecule has 2 amide bonds. The monoisotopic (exact) mass is 295 g/mol. The van der Waals surface area contributed by atoms with E-state index in [0.29, 0.717) is 11.3 Å². The van der Waals surface area contributed by atoms with Crippen molar-refractivity contribution in [1.29, 1.82) is 0 Å². The van der Waals surface area contributed by atoms with E-state index in [-0.39, 0.29) is 41.3 Å². The molecule has 0 radical (unpaired) electrons. The van der Waals surface area contributed by atoms with E-state index in [0.717, 1.165) is 12.8 Å². The van der Waals surface area contributed by atoms with Gasteiger partial charge in [-0.05, 0) is 43.7 Å². The van der Waals surface area contributed by atoms with Crippen LogP contribution in [0.5, 0.6) is 0 Å². The first-order chi connectivity index (χ1) is 10.6. The number of hydrogen-bond donors (Lipinski definition) is 0. The summed E-state index contributed by atoms with van der Waals surface area (Å²) < 4.78 is 0. The number of ketones is 1. The van der Waals surface area contributed by atoms with E-state index < -0.39 is 0 Å². The normalized spacial score (nSPS) is 32.5. The molecular weight excluding hydrogens is 278 g/mol. The Labute approximate surface area is 128 Å². The Bertz CT molecular complexity index is 689. The molecule has 1 saturated heterocycles. The highest BCUT2D eigenvalue weighted by atomic mass is 16.2. The molecule has 1 aromatic carbocycles. The van der Waals surface area contributed by atoms with Gasteiger partial charge in [0.15, 0.2) is 5.78 Å². The van der Waals surface area contributed by atoms with E-state index in [2.05, 4.69) is 12.2 Å². The van der Waals surface area contributed by atoms with Gasteiger partial charge in [0.1, 0.15) is 0 Å². The number of carbonyl (C=O) groups is 3. The first kappa shape index (κ1) is 13.4. The van der Waals surface area contributed by atoms with E-state index in [1.54, 1.807) is 24.3 Å². The lowest BCUT2D eigenvalue weighted by Crippen LogP contribution is -2.38. The second kappa shape index (κ2) is 4.63. The number of carbonyl (C=O) groups excluding carboxylic acids is 3. The van der Waals surface area contributed by atoms with Gasteiger partial charge in [-0.3, -0.25) is 14.4 Å². The molecule has 1 heterocycles. The van der Waals surface area contributed by atoms with Crippen molar-refractivity contribution in [1.82, 2.24) is 0 Å². The minimum absolute atomic E-state index is 0.0694. The van der Waals surface area contributed by atoms with Crippen LogP contribution in [0.2, 0.25) is 0 Å². The number of nitrogens with zero attached hydrogens (tertiary/aromatic N) is 1. The molecule has 2 fully saturated rings. The van der Waals surface area contributed by atoms with Gasteiger partial charge in [0.05, 0.1) is 17.5 Å². The van der Waals surface area contributed by atoms with Gasteiger partial charge in [-0.25, -0.2) is 4.90 Å². The van der Waals surface area contributed by atoms with Gasteiger partial charge in [-0.1, -0.05) is 24.3 Å². The lowest BCUT2D eigenvalue weighted by molar-refractivity contribution is -0.124. The van der Waals surface area contributed by atoms with Crippen molar-refractivity contribution in [2.75, 3.05) is 4.90 Å². The zero-order chi connectivity index (χ0) is 15.4. The summed E-state index contributed by atoms with van der Waals surface area (Å²) >= 11 is 0. The molecule has 0 aromatic heterocycles. The van der Waals surface area contributed by atoms with Gasteiger partial charge in [0.2, 0.25) is 11.8 Å². The largest absolute Gasteiger partial charge is 0.295 e. The van der Waals surface area contributed by atoms with Crippen molar-refractivity contribution < 1.29 is 14.4 Å². The molecular formula is C18H17NO3. The standard InChI is InChI=1S/C18H17NO3/c1-10(20)13-3-2-4-14(9-13)19-17(21)15-11-5-6-12(8-7-11)16(15)18(19)22/h2-6,9,11-12,15-16H,7-8H2,1H3/t11-,12+,15-,16+. The lowest BCUT2D eigenvalue weighted by Gasteiger charge is -2.38. The molecule has 3 aliphatic carbocycles. The van der Waals surface area contributed by atoms with Gasteiger partial charge < -0.3 is 0 Å². The molecule has 0 unspecified atom stereocenters. The van der Waals surface area contributed by atoms with Crippen LogP contribution in [-0.4, -0.2) is 17.6 Å². The Kier molecular flexibility index (Phi) is 2.83. The third kappa shape index (κ3) is 1.73. The van der Waals surface area contributed by atoms with Crippen LogP contribution in [0.4, 0.5) is 5.69 Å². The summed E-state index contributed by atoms with van der Waals surface area (Å²) in [7, 11) is 0. The SMILES string of the molecule is CC(=O)c1cccc(N2C(=O)[C@@H]3[C@H](C2=O)[C@@H]2C=C[C@H]3CC2)c1. The summed E-state index contributed by atoms with van der Waals surface area (Å²) in [4.78, 5) is 38.5. The van der Waals surface area contributed by atoms with Gasteiger partial charge in [-0.2, -0.15) is 0 Å². The van der Waals surface area contributed by atoms with E-state index >= 15 is 0 Å². The van der Waals surface area contributed by atoms with Gasteiger partial charge >= 0.3 is 0 Å². The number of anilines is 1. The first-order valence-corrected chi connectivity index (χ1v) is 7.75. The number of fused-ring (bicyclic) bond motifs is 1. The van der Waals surface area contributed by atoms with Crippen molar-refractivity contribution in [3.63, 3.8) is 0 Å². The summed E-state index contributed by atoms with van der Waals surface area (Å²) in [6.07, 6.45) is 6.19. The first-order valence-electron chi connectivity index (χ1n) is 7.75. The van der Waals surface area contributed by atoms with E-state index in [4.69, 9.17) is 0 Å². The second-order valence-electron chi connectivity index (χ2n) is 6.46. The van der Waals surface area contributed by atoms with E-state index in [1.165, 1.54) is 11.8 Å². The van der Waals surface area contributed by atoms with Crippen LogP contribution in [0.3, 0.4) is 0 Å². The molecule has 112 valence electrons. The van der Waals surface area contributed by atoms with Gasteiger partial charge in [-0.15, -0.1) is 0 Å². The third-order valence-electron chi connectivity index (χ3n) is 5.27. The highest BCUT2D eigenvalue weighted by Crippen LogP contribution is 2.50. The molecule has 1 aliphatic heterocycles. The Morgan fingerprint density at radius 2 is 1.64 bits per heavy atom. The molecule has 4 nitrogen and oxygen atoms in total. The Balaban J connectivity index is 1.75. The summed E-state index contributed by atoms with van der Waals surface area (Å²) in [5.41, 5.74) is 1.05. The molecule has 5 rings (SSSR count). The molecule has 4 heteroatoms. The predicted octanol–water partition coefficient (Wildman–Crippen LogP) is 2.59. The fourth-order valence-corrected chi connectivity index (χ4v) is 4.19. The second-order valence-corrected chi connectivity index (χ2v) is 6.46. The summed E-state index contributed by atoms with van der Waals surface area (Å²) in [5.74, 6) is -0.320. The summed E-state index contributed by atoms with van der Waals surface area (Å²) in [5, 5.41) is 0. The van der Waals surface area contributed by atoms with Crippen molar-refractivity contribution >= 4 is 23.3 Å². The predicted molar refractivity (Wildman–Crippen MR) is 81.3 cm³/mol. The number of allylic oxidation sites excluding steroid dienone is 2. The Hall–Kier alpha value is -2.23. The maximum Gasteiger partial charge on any atom is 0.238 e. The minimum Gasteiger partial charge on any atom is -0.295 e. The van der Waals surface area contributed by atoms with Crippen molar-refractivity contribution in [2.45, 2.75) is 19.8 Å². The van der Waals surface area contributed by atoms with Crippen molar-refractivity contribution in [3.05, 3.63) is 42.0 Å². The van der Waals surface area contributed by atoms with Crippen LogP contribution in [0.15, 0.2) is 36.4 Å². The zero-order valence-corrected chi connectivity index (χ0v) is 12.4. The zero-order valence-electron chi connectivity index (χ0n) is 12.4. The number of imide groups is 1. The molecule has 4 aliphatic rings. The summed E-state index contributed by atoms with van der Waals surface area (Å²) in [6.45, 7) is 1.48. The maximum atomic E-state index is 12.8. The molecule has 0 N–H and O–H groups in total. The molecule has 1 saturated carbocycles. The van der Waals surface area contributed by atoms with E-state index in [9.17, 15) is 14.4 Å². The van der Waals surface area contributed by atoms with Crippen LogP contribution < -0.4 is 4.90 Å². The van der Waals surface area contributed by atoms with Crippen LogP contribution in [0.25, 0.3) is 0 Å². The molecule has 4 atom stereocenters. The smallest absolute Gasteiger partial charge is 0.238 e. The van der Waals surface area contributed by atoms with Crippen molar-refractivity contribution in [2.24, 2.45) is 23.7 Å². The average Bonchev–Trinajstić information content (AvgIpc) is 2.82. The van der Waals surface area contributed by atoms with E-state index in [1.807, 2.05) is 0 Å². The highest BCUT2D eigenvalue weighted by molar-refractivity contribution is 6.22. The fraction of sp³-hybridized carbons (Fsp3) is 0.389. The number of hydrogen-bond acceptors (Lipinski definition) is 3. The van der Waals surface area contributed by atoms with Crippen molar-refractivity contribution in [3.8, 4) is 0 Å². The fourth-order valence-electron chi connectivity index (χ4n) is 4.19. The number of benzene rings is 1. The third-order valence-corrected chi connectivity index (χ3v) is 5.27. The average molecular weight is 295 g/mol. The Morgan fingerprint density at radius 1 is 1.05 bits per heavy atom. The quantitative estimate of drug-likeness (QED) is 0.479. The topological polar surface area (TPSA) is 54.5 Å². The van der Waals surface area contributed by atoms with Gasteiger partial charge in [0, 0.05) is 5.56 Å². The van der Waals surface area contributed by atoms with Crippen LogP contribution in [0, 0.1) is 23.7 Å². The Morgan fingerprint density at radius 3 is 2.14 bits per heavy atom. The van der Waals surface area contributed by atoms with Crippen LogP contribution in [-0.2, 0) is 9.59 Å². The molecule has 2 bridgehead atoms. The summed E-state index contributed by atoms with van der Waals surface area (Å²) in [6, 6.07) is 6.80. The lowest BCUT2D eigenvalue weighted by atomic mass is 9.63. The van der Waals surface area contributed by atoms with Crippen LogP contribution in [0.1, 0.15) is 30.1 Å². The minimum atomic E-state index is -0.211. The molecule has 0 spiro atoms. The highest BCUT2D eigenvalue weighted by Gasteiger charge is 2.56.